The Morgan fingerprint density at radius 2 is 1.29 bits per heavy atom. The highest BCUT2D eigenvalue weighted by Gasteiger charge is 2.16. The lowest BCUT2D eigenvalue weighted by Crippen LogP contribution is -2.36. The molecule has 0 heterocycles. The van der Waals surface area contributed by atoms with Crippen molar-refractivity contribution in [1.29, 1.82) is 0 Å². The summed E-state index contributed by atoms with van der Waals surface area (Å²) in [7, 11) is 0. The quantitative estimate of drug-likeness (QED) is 0.277. The molecule has 4 aromatic carbocycles. The zero-order chi connectivity index (χ0) is 24.5. The Hall–Kier alpha value is -4.03. The summed E-state index contributed by atoms with van der Waals surface area (Å²) < 4.78 is 0. The maximum absolute atomic E-state index is 13.2. The van der Waals surface area contributed by atoms with Crippen molar-refractivity contribution in [3.05, 3.63) is 120 Å². The molecule has 0 spiro atoms. The molecule has 35 heavy (non-hydrogen) atoms. The van der Waals surface area contributed by atoms with Crippen LogP contribution in [0.4, 0.5) is 16.2 Å². The van der Waals surface area contributed by atoms with Crippen LogP contribution >= 0.6 is 11.8 Å². The number of nitrogens with zero attached hydrogens (tertiary/aromatic N) is 1. The Balaban J connectivity index is 1.47. The number of carboxylic acids is 1. The molecule has 5 nitrogen and oxygen atoms in total. The standard InChI is InChI=1S/C29H26N2O3S/c32-28(33)21-23-11-15-26(16-12-23)35-27-17-13-25(14-18-27)31(20-19-22-7-3-1-4-8-22)29(34)30-24-9-5-2-6-10-24/h1-18H,19-21H2,(H,30,34)(H,32,33). The molecule has 0 aliphatic heterocycles. The Morgan fingerprint density at radius 1 is 0.714 bits per heavy atom. The van der Waals surface area contributed by atoms with E-state index in [1.165, 1.54) is 5.56 Å². The van der Waals surface area contributed by atoms with Crippen molar-refractivity contribution < 1.29 is 14.7 Å². The molecule has 176 valence electrons. The fourth-order valence-electron chi connectivity index (χ4n) is 3.63. The Morgan fingerprint density at radius 3 is 1.89 bits per heavy atom. The van der Waals surface area contributed by atoms with Gasteiger partial charge in [0.25, 0.3) is 0 Å². The molecule has 0 saturated heterocycles. The maximum Gasteiger partial charge on any atom is 0.326 e. The van der Waals surface area contributed by atoms with Gasteiger partial charge < -0.3 is 10.4 Å². The number of amides is 2. The number of rotatable bonds is 9. The van der Waals surface area contributed by atoms with Crippen molar-refractivity contribution in [3.8, 4) is 0 Å². The van der Waals surface area contributed by atoms with E-state index in [4.69, 9.17) is 5.11 Å². The van der Waals surface area contributed by atoms with Crippen LogP contribution in [0.25, 0.3) is 0 Å². The highest BCUT2D eigenvalue weighted by molar-refractivity contribution is 7.99. The van der Waals surface area contributed by atoms with E-state index in [0.717, 1.165) is 33.2 Å². The number of benzene rings is 4. The molecule has 4 aromatic rings. The van der Waals surface area contributed by atoms with Crippen molar-refractivity contribution in [3.63, 3.8) is 0 Å². The van der Waals surface area contributed by atoms with Crippen LogP contribution in [0.1, 0.15) is 11.1 Å². The highest BCUT2D eigenvalue weighted by atomic mass is 32.2. The van der Waals surface area contributed by atoms with Crippen molar-refractivity contribution in [1.82, 2.24) is 0 Å². The molecule has 0 aliphatic carbocycles. The number of nitrogens with one attached hydrogen (secondary N) is 1. The molecule has 2 N–H and O–H groups in total. The van der Waals surface area contributed by atoms with Crippen LogP contribution in [0.2, 0.25) is 0 Å². The van der Waals surface area contributed by atoms with Crippen LogP contribution in [-0.4, -0.2) is 23.7 Å². The van der Waals surface area contributed by atoms with Crippen molar-refractivity contribution in [2.24, 2.45) is 0 Å². The smallest absolute Gasteiger partial charge is 0.326 e. The number of anilines is 2. The first kappa shape index (κ1) is 24.1. The normalized spacial score (nSPS) is 10.5. The first-order chi connectivity index (χ1) is 17.1. The molecule has 0 radical (unpaired) electrons. The fraction of sp³-hybridized carbons (Fsp3) is 0.103. The van der Waals surface area contributed by atoms with E-state index >= 15 is 0 Å². The molecule has 0 atom stereocenters. The number of para-hydroxylation sites is 1. The Kier molecular flexibility index (Phi) is 8.20. The van der Waals surface area contributed by atoms with Gasteiger partial charge in [0.15, 0.2) is 0 Å². The van der Waals surface area contributed by atoms with Crippen LogP contribution in [0, 0.1) is 0 Å². The van der Waals surface area contributed by atoms with Crippen LogP contribution in [0.5, 0.6) is 0 Å². The van der Waals surface area contributed by atoms with Gasteiger partial charge in [-0.25, -0.2) is 4.79 Å². The molecule has 0 bridgehead atoms. The van der Waals surface area contributed by atoms with Gasteiger partial charge in [-0.2, -0.15) is 0 Å². The van der Waals surface area contributed by atoms with E-state index in [-0.39, 0.29) is 12.5 Å². The number of aliphatic carboxylic acids is 1. The number of carbonyl (C=O) groups is 2. The lowest BCUT2D eigenvalue weighted by Gasteiger charge is -2.24. The zero-order valence-electron chi connectivity index (χ0n) is 19.1. The van der Waals surface area contributed by atoms with Crippen molar-refractivity contribution in [2.45, 2.75) is 22.6 Å². The van der Waals surface area contributed by atoms with Crippen molar-refractivity contribution >= 4 is 35.1 Å². The predicted octanol–water partition coefficient (Wildman–Crippen LogP) is 6.75. The Bertz CT molecular complexity index is 1240. The molecular weight excluding hydrogens is 456 g/mol. The molecule has 0 unspecified atom stereocenters. The van der Waals surface area contributed by atoms with Gasteiger partial charge in [-0.05, 0) is 66.1 Å². The molecule has 4 rings (SSSR count). The minimum absolute atomic E-state index is 0.0174. The number of carboxylic acid groups (broad SMARTS) is 1. The number of hydrogen-bond donors (Lipinski definition) is 2. The van der Waals surface area contributed by atoms with Crippen LogP contribution < -0.4 is 10.2 Å². The summed E-state index contributed by atoms with van der Waals surface area (Å²) in [6.45, 7) is 0.542. The lowest BCUT2D eigenvalue weighted by molar-refractivity contribution is -0.136. The minimum atomic E-state index is -0.839. The summed E-state index contributed by atoms with van der Waals surface area (Å²) in [6, 6.07) is 34.8. The lowest BCUT2D eigenvalue weighted by atomic mass is 10.1. The average Bonchev–Trinajstić information content (AvgIpc) is 2.87. The summed E-state index contributed by atoms with van der Waals surface area (Å²) in [5, 5.41) is 11.9. The molecule has 0 aliphatic rings. The van der Waals surface area contributed by atoms with Crippen LogP contribution in [0.15, 0.2) is 119 Å². The van der Waals surface area contributed by atoms with Crippen molar-refractivity contribution in [2.75, 3.05) is 16.8 Å². The number of carbonyl (C=O) groups excluding carboxylic acids is 1. The van der Waals surface area contributed by atoms with E-state index < -0.39 is 5.97 Å². The molecule has 0 fully saturated rings. The monoisotopic (exact) mass is 482 g/mol. The molecular formula is C29H26N2O3S. The molecule has 2 amide bonds. The zero-order valence-corrected chi connectivity index (χ0v) is 19.9. The largest absolute Gasteiger partial charge is 0.481 e. The summed E-state index contributed by atoms with van der Waals surface area (Å²) in [5.41, 5.74) is 3.51. The van der Waals surface area contributed by atoms with Gasteiger partial charge in [0.05, 0.1) is 6.42 Å². The number of hydrogen-bond acceptors (Lipinski definition) is 3. The van der Waals surface area contributed by atoms with Crippen LogP contribution in [-0.2, 0) is 17.6 Å². The first-order valence-electron chi connectivity index (χ1n) is 11.3. The van der Waals surface area contributed by atoms with Crippen LogP contribution in [0.3, 0.4) is 0 Å². The molecule has 0 aromatic heterocycles. The summed E-state index contributed by atoms with van der Waals surface area (Å²) in [5.74, 6) is -0.839. The van der Waals surface area contributed by atoms with E-state index in [1.54, 1.807) is 16.7 Å². The SMILES string of the molecule is O=C(O)Cc1ccc(Sc2ccc(N(CCc3ccccc3)C(=O)Nc3ccccc3)cc2)cc1. The van der Waals surface area contributed by atoms with E-state index in [9.17, 15) is 9.59 Å². The third-order valence-corrected chi connectivity index (χ3v) is 6.42. The second kappa shape index (κ2) is 11.9. The predicted molar refractivity (Wildman–Crippen MR) is 141 cm³/mol. The van der Waals surface area contributed by atoms with E-state index in [2.05, 4.69) is 17.4 Å². The van der Waals surface area contributed by atoms with Gasteiger partial charge in [-0.3, -0.25) is 9.69 Å². The van der Waals surface area contributed by atoms with Gasteiger partial charge in [-0.15, -0.1) is 0 Å². The van der Waals surface area contributed by atoms with Gasteiger partial charge in [0.1, 0.15) is 0 Å². The molecule has 0 saturated carbocycles. The Labute approximate surface area is 209 Å². The topological polar surface area (TPSA) is 69.6 Å². The second-order valence-electron chi connectivity index (χ2n) is 7.99. The van der Waals surface area contributed by atoms with E-state index in [1.807, 2.05) is 97.1 Å². The van der Waals surface area contributed by atoms with Gasteiger partial charge in [0, 0.05) is 27.7 Å². The highest BCUT2D eigenvalue weighted by Crippen LogP contribution is 2.30. The summed E-state index contributed by atoms with van der Waals surface area (Å²) in [6.07, 6.45) is 0.756. The third kappa shape index (κ3) is 7.22. The first-order valence-corrected chi connectivity index (χ1v) is 12.1. The van der Waals surface area contributed by atoms with Gasteiger partial charge >= 0.3 is 12.0 Å². The van der Waals surface area contributed by atoms with Gasteiger partial charge in [-0.1, -0.05) is 72.4 Å². The molecule has 6 heteroatoms. The fourth-order valence-corrected chi connectivity index (χ4v) is 4.44. The maximum atomic E-state index is 13.2. The van der Waals surface area contributed by atoms with Gasteiger partial charge in [0.2, 0.25) is 0 Å². The number of urea groups is 1. The van der Waals surface area contributed by atoms with E-state index in [0.29, 0.717) is 6.54 Å². The second-order valence-corrected chi connectivity index (χ2v) is 9.14. The summed E-state index contributed by atoms with van der Waals surface area (Å²) in [4.78, 5) is 27.9. The minimum Gasteiger partial charge on any atom is -0.481 e. The average molecular weight is 483 g/mol. The summed E-state index contributed by atoms with van der Waals surface area (Å²) >= 11 is 1.59. The third-order valence-electron chi connectivity index (χ3n) is 5.40.